The summed E-state index contributed by atoms with van der Waals surface area (Å²) in [7, 11) is 0. The first-order chi connectivity index (χ1) is 5.16. The number of carbonyl (C=O) groups is 1. The molecule has 1 aliphatic rings. The van der Waals surface area contributed by atoms with Crippen molar-refractivity contribution in [2.24, 2.45) is 11.8 Å². The molecule has 0 aliphatic heterocycles. The number of carbonyl (C=O) groups excluding carboxylic acids is 1. The van der Waals surface area contributed by atoms with Crippen molar-refractivity contribution in [1.29, 1.82) is 0 Å². The van der Waals surface area contributed by atoms with E-state index in [-0.39, 0.29) is 0 Å². The van der Waals surface area contributed by atoms with Crippen molar-refractivity contribution < 1.29 is 4.79 Å². The highest BCUT2D eigenvalue weighted by Crippen LogP contribution is 2.34. The van der Waals surface area contributed by atoms with Crippen LogP contribution in [0.1, 0.15) is 26.7 Å². The van der Waals surface area contributed by atoms with Crippen molar-refractivity contribution in [1.82, 2.24) is 0 Å². The normalized spacial score (nSPS) is 32.3. The molecule has 0 N–H and O–H groups in total. The van der Waals surface area contributed by atoms with Gasteiger partial charge in [0.15, 0.2) is 0 Å². The molecule has 0 aromatic heterocycles. The van der Waals surface area contributed by atoms with Crippen LogP contribution in [0.3, 0.4) is 0 Å². The van der Waals surface area contributed by atoms with Gasteiger partial charge in [-0.1, -0.05) is 25.4 Å². The summed E-state index contributed by atoms with van der Waals surface area (Å²) in [4.78, 5) is 10.6. The molecule has 0 fully saturated rings. The highest BCUT2D eigenvalue weighted by atomic mass is 35.5. The molecule has 1 nitrogen and oxygen atoms in total. The number of aldehydes is 1. The van der Waals surface area contributed by atoms with E-state index in [0.29, 0.717) is 11.8 Å². The van der Waals surface area contributed by atoms with E-state index in [4.69, 9.17) is 11.6 Å². The largest absolute Gasteiger partial charge is 0.298 e. The van der Waals surface area contributed by atoms with Crippen LogP contribution < -0.4 is 0 Å². The summed E-state index contributed by atoms with van der Waals surface area (Å²) >= 11 is 5.98. The molecule has 2 atom stereocenters. The lowest BCUT2D eigenvalue weighted by Gasteiger charge is -2.24. The van der Waals surface area contributed by atoms with Gasteiger partial charge in [-0.2, -0.15) is 0 Å². The summed E-state index contributed by atoms with van der Waals surface area (Å²) in [6.07, 6.45) is 3.10. The Morgan fingerprint density at radius 1 is 1.36 bits per heavy atom. The van der Waals surface area contributed by atoms with Crippen LogP contribution in [0.15, 0.2) is 10.6 Å². The molecular weight excluding hydrogens is 160 g/mol. The van der Waals surface area contributed by atoms with Gasteiger partial charge < -0.3 is 0 Å². The topological polar surface area (TPSA) is 17.1 Å². The Morgan fingerprint density at radius 3 is 2.36 bits per heavy atom. The summed E-state index contributed by atoms with van der Waals surface area (Å²) < 4.78 is 0. The van der Waals surface area contributed by atoms with E-state index in [1.807, 2.05) is 0 Å². The lowest BCUT2D eigenvalue weighted by Crippen LogP contribution is -2.14. The quantitative estimate of drug-likeness (QED) is 0.556. The minimum Gasteiger partial charge on any atom is -0.298 e. The van der Waals surface area contributed by atoms with Crippen LogP contribution in [-0.4, -0.2) is 6.29 Å². The van der Waals surface area contributed by atoms with Crippen molar-refractivity contribution in [3.8, 4) is 0 Å². The van der Waals surface area contributed by atoms with Crippen LogP contribution >= 0.6 is 11.6 Å². The molecule has 11 heavy (non-hydrogen) atoms. The molecule has 0 aromatic rings. The fraction of sp³-hybridized carbons (Fsp3) is 0.667. The van der Waals surface area contributed by atoms with E-state index in [1.54, 1.807) is 0 Å². The molecule has 0 heterocycles. The average molecular weight is 173 g/mol. The maximum absolute atomic E-state index is 10.6. The molecule has 2 unspecified atom stereocenters. The molecule has 1 rings (SSSR count). The first-order valence-corrected chi connectivity index (χ1v) is 4.39. The lowest BCUT2D eigenvalue weighted by molar-refractivity contribution is -0.105. The van der Waals surface area contributed by atoms with E-state index in [2.05, 4.69) is 13.8 Å². The standard InChI is InChI=1S/C9H13ClO/c1-6-3-4-7(2)9(10)8(6)5-11/h5-7H,3-4H2,1-2H3. The zero-order valence-corrected chi connectivity index (χ0v) is 7.69. The third-order valence-electron chi connectivity index (χ3n) is 2.40. The summed E-state index contributed by atoms with van der Waals surface area (Å²) in [6.45, 7) is 4.12. The van der Waals surface area contributed by atoms with Crippen LogP contribution in [-0.2, 0) is 4.79 Å². The molecule has 0 radical (unpaired) electrons. The Labute approximate surface area is 72.4 Å². The summed E-state index contributed by atoms with van der Waals surface area (Å²) in [6, 6.07) is 0. The lowest BCUT2D eigenvalue weighted by atomic mass is 9.84. The third kappa shape index (κ3) is 1.64. The highest BCUT2D eigenvalue weighted by Gasteiger charge is 2.22. The van der Waals surface area contributed by atoms with Gasteiger partial charge in [-0.05, 0) is 24.7 Å². The van der Waals surface area contributed by atoms with Gasteiger partial charge >= 0.3 is 0 Å². The highest BCUT2D eigenvalue weighted by molar-refractivity contribution is 6.31. The second-order valence-corrected chi connectivity index (χ2v) is 3.71. The van der Waals surface area contributed by atoms with E-state index in [0.717, 1.165) is 29.7 Å². The maximum atomic E-state index is 10.6. The minimum absolute atomic E-state index is 0.358. The van der Waals surface area contributed by atoms with E-state index in [9.17, 15) is 4.79 Å². The van der Waals surface area contributed by atoms with Gasteiger partial charge in [0.25, 0.3) is 0 Å². The number of hydrogen-bond donors (Lipinski definition) is 0. The van der Waals surface area contributed by atoms with Gasteiger partial charge in [0.2, 0.25) is 0 Å². The van der Waals surface area contributed by atoms with Crippen LogP contribution in [0.25, 0.3) is 0 Å². The Bertz CT molecular complexity index is 196. The van der Waals surface area contributed by atoms with E-state index >= 15 is 0 Å². The minimum atomic E-state index is 0.358. The second-order valence-electron chi connectivity index (χ2n) is 3.30. The van der Waals surface area contributed by atoms with Crippen molar-refractivity contribution in [2.45, 2.75) is 26.7 Å². The second kappa shape index (κ2) is 3.40. The van der Waals surface area contributed by atoms with Gasteiger partial charge in [-0.25, -0.2) is 0 Å². The molecule has 2 heteroatoms. The fourth-order valence-electron chi connectivity index (χ4n) is 1.47. The predicted octanol–water partition coefficient (Wildman–Crippen LogP) is 2.74. The fourth-order valence-corrected chi connectivity index (χ4v) is 1.81. The summed E-state index contributed by atoms with van der Waals surface area (Å²) in [5, 5.41) is 0.777. The molecule has 0 bridgehead atoms. The maximum Gasteiger partial charge on any atom is 0.147 e. The number of rotatable bonds is 1. The van der Waals surface area contributed by atoms with Crippen LogP contribution in [0, 0.1) is 11.8 Å². The first kappa shape index (κ1) is 8.79. The van der Waals surface area contributed by atoms with Crippen molar-refractivity contribution in [3.05, 3.63) is 10.6 Å². The smallest absolute Gasteiger partial charge is 0.147 e. The van der Waals surface area contributed by atoms with Crippen molar-refractivity contribution in [2.75, 3.05) is 0 Å². The van der Waals surface area contributed by atoms with Crippen LogP contribution in [0.2, 0.25) is 0 Å². The summed E-state index contributed by atoms with van der Waals surface area (Å²) in [5.41, 5.74) is 0.811. The Balaban J connectivity index is 2.93. The van der Waals surface area contributed by atoms with Gasteiger partial charge in [0.1, 0.15) is 6.29 Å². The summed E-state index contributed by atoms with van der Waals surface area (Å²) in [5.74, 6) is 0.740. The first-order valence-electron chi connectivity index (χ1n) is 4.01. The monoisotopic (exact) mass is 172 g/mol. The molecule has 0 saturated carbocycles. The predicted molar refractivity (Wildman–Crippen MR) is 46.5 cm³/mol. The van der Waals surface area contributed by atoms with Crippen LogP contribution in [0.4, 0.5) is 0 Å². The molecule has 0 amide bonds. The SMILES string of the molecule is CC1CCC(C)C(C=O)=C1Cl. The molecular formula is C9H13ClO. The molecule has 0 saturated heterocycles. The number of halogens is 1. The average Bonchev–Trinajstić information content (AvgIpc) is 1.99. The number of hydrogen-bond acceptors (Lipinski definition) is 1. The van der Waals surface area contributed by atoms with Crippen LogP contribution in [0.5, 0.6) is 0 Å². The van der Waals surface area contributed by atoms with Crippen molar-refractivity contribution >= 4 is 17.9 Å². The zero-order valence-electron chi connectivity index (χ0n) is 6.93. The van der Waals surface area contributed by atoms with Gasteiger partial charge in [-0.3, -0.25) is 4.79 Å². The Morgan fingerprint density at radius 2 is 1.91 bits per heavy atom. The number of allylic oxidation sites excluding steroid dienone is 2. The zero-order chi connectivity index (χ0) is 8.43. The molecule has 0 aromatic carbocycles. The van der Waals surface area contributed by atoms with E-state index in [1.165, 1.54) is 0 Å². The molecule has 1 aliphatic carbocycles. The van der Waals surface area contributed by atoms with Gasteiger partial charge in [-0.15, -0.1) is 0 Å². The Kier molecular flexibility index (Phi) is 2.72. The van der Waals surface area contributed by atoms with E-state index < -0.39 is 0 Å². The Hall–Kier alpha value is -0.300. The molecule has 0 spiro atoms. The molecule has 62 valence electrons. The third-order valence-corrected chi connectivity index (χ3v) is 2.99. The van der Waals surface area contributed by atoms with Gasteiger partial charge in [0.05, 0.1) is 0 Å². The van der Waals surface area contributed by atoms with Crippen molar-refractivity contribution in [3.63, 3.8) is 0 Å². The van der Waals surface area contributed by atoms with Gasteiger partial charge in [0, 0.05) is 10.6 Å².